The normalized spacial score (nSPS) is 11.8. The van der Waals surface area contributed by atoms with E-state index in [-0.39, 0.29) is 5.91 Å². The molecule has 0 radical (unpaired) electrons. The van der Waals surface area contributed by atoms with Crippen LogP contribution in [0.25, 0.3) is 0 Å². The fourth-order valence-electron chi connectivity index (χ4n) is 1.05. The second kappa shape index (κ2) is 5.79. The Kier molecular flexibility index (Phi) is 4.38. The Balaban J connectivity index is 2.34. The van der Waals surface area contributed by atoms with Crippen LogP contribution in [0, 0.1) is 5.92 Å². The van der Waals surface area contributed by atoms with E-state index in [2.05, 4.69) is 15.5 Å². The second-order valence-corrected chi connectivity index (χ2v) is 3.41. The van der Waals surface area contributed by atoms with Gasteiger partial charge in [-0.3, -0.25) is 9.59 Å². The van der Waals surface area contributed by atoms with Crippen molar-refractivity contribution in [2.75, 3.05) is 6.54 Å². The summed E-state index contributed by atoms with van der Waals surface area (Å²) in [5.74, 6) is -1.59. The van der Waals surface area contributed by atoms with Crippen molar-refractivity contribution >= 4 is 11.9 Å². The fourth-order valence-corrected chi connectivity index (χ4v) is 1.05. The van der Waals surface area contributed by atoms with Crippen LogP contribution in [0.2, 0.25) is 0 Å². The van der Waals surface area contributed by atoms with Crippen molar-refractivity contribution in [1.82, 2.24) is 15.5 Å². The molecule has 0 fully saturated rings. The van der Waals surface area contributed by atoms with E-state index >= 15 is 0 Å². The number of nitrogens with zero attached hydrogens (tertiary/aromatic N) is 2. The number of carbonyl (C=O) groups is 2. The maximum Gasteiger partial charge on any atom is 0.306 e. The van der Waals surface area contributed by atoms with Crippen LogP contribution in [0.5, 0.6) is 0 Å². The lowest BCUT2D eigenvalue weighted by molar-refractivity contribution is -0.141. The number of rotatable bonds is 5. The molecule has 6 nitrogen and oxygen atoms in total. The first-order valence-electron chi connectivity index (χ1n) is 4.89. The fraction of sp³-hybridized carbons (Fsp3) is 0.400. The molecule has 1 heterocycles. The number of hydrogen-bond donors (Lipinski definition) is 2. The second-order valence-electron chi connectivity index (χ2n) is 3.41. The van der Waals surface area contributed by atoms with Gasteiger partial charge in [0.05, 0.1) is 23.9 Å². The van der Waals surface area contributed by atoms with Crippen molar-refractivity contribution in [3.63, 3.8) is 0 Å². The molecule has 0 aliphatic rings. The number of nitrogens with one attached hydrogen (secondary N) is 1. The number of carbonyl (C=O) groups excluding carboxylic acids is 1. The maximum absolute atomic E-state index is 11.5. The summed E-state index contributed by atoms with van der Waals surface area (Å²) in [7, 11) is 0. The molecule has 0 spiro atoms. The third-order valence-corrected chi connectivity index (χ3v) is 2.13. The highest BCUT2D eigenvalue weighted by Gasteiger charge is 2.11. The highest BCUT2D eigenvalue weighted by atomic mass is 16.4. The third kappa shape index (κ3) is 3.64. The van der Waals surface area contributed by atoms with Crippen LogP contribution in [0.4, 0.5) is 0 Å². The van der Waals surface area contributed by atoms with Gasteiger partial charge in [-0.2, -0.15) is 10.2 Å². The molecule has 0 saturated carbocycles. The van der Waals surface area contributed by atoms with Crippen molar-refractivity contribution in [1.29, 1.82) is 0 Å². The minimum Gasteiger partial charge on any atom is -0.481 e. The Bertz CT molecular complexity index is 367. The van der Waals surface area contributed by atoms with E-state index in [0.29, 0.717) is 18.5 Å². The highest BCUT2D eigenvalue weighted by Crippen LogP contribution is 2.00. The summed E-state index contributed by atoms with van der Waals surface area (Å²) >= 11 is 0. The number of carboxylic acids is 1. The smallest absolute Gasteiger partial charge is 0.306 e. The molecule has 1 atom stereocenters. The largest absolute Gasteiger partial charge is 0.481 e. The van der Waals surface area contributed by atoms with E-state index in [4.69, 9.17) is 5.11 Å². The summed E-state index contributed by atoms with van der Waals surface area (Å²) in [6.07, 6.45) is 3.18. The predicted octanol–water partition coefficient (Wildman–Crippen LogP) is 0.317. The number of aliphatic carboxylic acids is 1. The predicted molar refractivity (Wildman–Crippen MR) is 55.8 cm³/mol. The Morgan fingerprint density at radius 1 is 1.50 bits per heavy atom. The minimum absolute atomic E-state index is 0.271. The van der Waals surface area contributed by atoms with Gasteiger partial charge in [0.15, 0.2) is 0 Å². The van der Waals surface area contributed by atoms with Gasteiger partial charge in [0.25, 0.3) is 5.91 Å². The Hall–Kier alpha value is -1.98. The molecule has 1 aromatic rings. The first-order chi connectivity index (χ1) is 7.61. The Morgan fingerprint density at radius 3 is 2.81 bits per heavy atom. The summed E-state index contributed by atoms with van der Waals surface area (Å²) < 4.78 is 0. The molecule has 1 rings (SSSR count). The lowest BCUT2D eigenvalue weighted by Gasteiger charge is -2.07. The first-order valence-corrected chi connectivity index (χ1v) is 4.89. The van der Waals surface area contributed by atoms with Crippen LogP contribution in [-0.2, 0) is 4.79 Å². The Morgan fingerprint density at radius 2 is 2.25 bits per heavy atom. The zero-order chi connectivity index (χ0) is 12.0. The zero-order valence-electron chi connectivity index (χ0n) is 8.88. The van der Waals surface area contributed by atoms with Crippen LogP contribution < -0.4 is 5.32 Å². The van der Waals surface area contributed by atoms with Gasteiger partial charge in [-0.15, -0.1) is 0 Å². The van der Waals surface area contributed by atoms with Gasteiger partial charge in [0, 0.05) is 6.54 Å². The highest BCUT2D eigenvalue weighted by molar-refractivity contribution is 5.93. The van der Waals surface area contributed by atoms with E-state index in [9.17, 15) is 9.59 Å². The van der Waals surface area contributed by atoms with Gasteiger partial charge in [-0.1, -0.05) is 6.92 Å². The van der Waals surface area contributed by atoms with Gasteiger partial charge in [-0.25, -0.2) is 0 Å². The third-order valence-electron chi connectivity index (χ3n) is 2.13. The van der Waals surface area contributed by atoms with Crippen LogP contribution >= 0.6 is 0 Å². The van der Waals surface area contributed by atoms with Crippen molar-refractivity contribution in [3.05, 3.63) is 24.0 Å². The van der Waals surface area contributed by atoms with Crippen molar-refractivity contribution in [2.24, 2.45) is 5.92 Å². The molecule has 2 N–H and O–H groups in total. The molecule has 86 valence electrons. The zero-order valence-corrected chi connectivity index (χ0v) is 8.88. The van der Waals surface area contributed by atoms with Crippen LogP contribution in [0.15, 0.2) is 18.5 Å². The van der Waals surface area contributed by atoms with Crippen LogP contribution in [0.1, 0.15) is 23.7 Å². The average Bonchev–Trinajstić information content (AvgIpc) is 2.29. The molecule has 0 aromatic carbocycles. The topological polar surface area (TPSA) is 92.2 Å². The summed E-state index contributed by atoms with van der Waals surface area (Å²) in [4.78, 5) is 22.0. The first kappa shape index (κ1) is 12.1. The molecular weight excluding hydrogens is 210 g/mol. The van der Waals surface area contributed by atoms with E-state index in [0.717, 1.165) is 0 Å². The molecule has 0 saturated heterocycles. The van der Waals surface area contributed by atoms with Crippen molar-refractivity contribution < 1.29 is 14.7 Å². The molecule has 1 aromatic heterocycles. The standard InChI is InChI=1S/C10H13N3O3/c1-7(10(15)16)2-4-11-9(14)8-3-5-12-13-6-8/h3,5-7H,2,4H2,1H3,(H,11,14)(H,15,16)/t7-/m1/s1. The molecule has 16 heavy (non-hydrogen) atoms. The van der Waals surface area contributed by atoms with E-state index in [1.807, 2.05) is 0 Å². The molecule has 1 amide bonds. The van der Waals surface area contributed by atoms with Gasteiger partial charge >= 0.3 is 5.97 Å². The number of aromatic nitrogens is 2. The number of amides is 1. The summed E-state index contributed by atoms with van der Waals surface area (Å²) in [6.45, 7) is 1.93. The summed E-state index contributed by atoms with van der Waals surface area (Å²) in [5, 5.41) is 18.4. The molecule has 0 aliphatic carbocycles. The molecule has 0 aliphatic heterocycles. The molecule has 6 heteroatoms. The SMILES string of the molecule is C[C@H](CCNC(=O)c1ccnnc1)C(=O)O. The van der Waals surface area contributed by atoms with Gasteiger partial charge in [0.1, 0.15) is 0 Å². The van der Waals surface area contributed by atoms with E-state index in [1.165, 1.54) is 12.4 Å². The summed E-state index contributed by atoms with van der Waals surface area (Å²) in [5.41, 5.74) is 0.415. The minimum atomic E-state index is -0.861. The lowest BCUT2D eigenvalue weighted by Crippen LogP contribution is -2.27. The van der Waals surface area contributed by atoms with E-state index in [1.54, 1.807) is 13.0 Å². The van der Waals surface area contributed by atoms with Crippen molar-refractivity contribution in [3.8, 4) is 0 Å². The van der Waals surface area contributed by atoms with Gasteiger partial charge in [-0.05, 0) is 12.5 Å². The maximum atomic E-state index is 11.5. The monoisotopic (exact) mass is 223 g/mol. The molecule has 0 bridgehead atoms. The summed E-state index contributed by atoms with van der Waals surface area (Å²) in [6, 6.07) is 1.54. The van der Waals surface area contributed by atoms with E-state index < -0.39 is 11.9 Å². The van der Waals surface area contributed by atoms with Crippen molar-refractivity contribution in [2.45, 2.75) is 13.3 Å². The molecular formula is C10H13N3O3. The average molecular weight is 223 g/mol. The van der Waals surface area contributed by atoms with Gasteiger partial charge < -0.3 is 10.4 Å². The lowest BCUT2D eigenvalue weighted by atomic mass is 10.1. The number of carboxylic acid groups (broad SMARTS) is 1. The van der Waals surface area contributed by atoms with Crippen LogP contribution in [-0.4, -0.2) is 33.7 Å². The molecule has 0 unspecified atom stereocenters. The quantitative estimate of drug-likeness (QED) is 0.749. The number of hydrogen-bond acceptors (Lipinski definition) is 4. The van der Waals surface area contributed by atoms with Crippen LogP contribution in [0.3, 0.4) is 0 Å². The Labute approximate surface area is 92.7 Å². The van der Waals surface area contributed by atoms with Gasteiger partial charge in [0.2, 0.25) is 0 Å².